The number of aliphatic hydroxyl groups is 1. The minimum atomic E-state index is -1.16. The monoisotopic (exact) mass is 625 g/mol. The van der Waals surface area contributed by atoms with E-state index >= 15 is 0 Å². The molecule has 0 aliphatic carbocycles. The Morgan fingerprint density at radius 3 is 2.45 bits per heavy atom. The van der Waals surface area contributed by atoms with Crippen LogP contribution in [0.2, 0.25) is 5.02 Å². The summed E-state index contributed by atoms with van der Waals surface area (Å²) in [6, 6.07) is 15.9. The number of thioether (sulfide) groups is 1. The van der Waals surface area contributed by atoms with E-state index in [1.54, 1.807) is 6.07 Å². The van der Waals surface area contributed by atoms with Gasteiger partial charge in [0, 0.05) is 16.3 Å². The van der Waals surface area contributed by atoms with Gasteiger partial charge < -0.3 is 14.6 Å². The van der Waals surface area contributed by atoms with Crippen molar-refractivity contribution in [2.75, 3.05) is 19.1 Å². The molecule has 1 fully saturated rings. The lowest BCUT2D eigenvalue weighted by Crippen LogP contribution is -2.29. The first kappa shape index (κ1) is 29.2. The van der Waals surface area contributed by atoms with Gasteiger partial charge in [0.1, 0.15) is 5.76 Å². The van der Waals surface area contributed by atoms with Crippen molar-refractivity contribution in [1.82, 2.24) is 10.2 Å². The second-order valence-electron chi connectivity index (χ2n) is 8.86. The summed E-state index contributed by atoms with van der Waals surface area (Å²) in [7, 11) is 2.54. The summed E-state index contributed by atoms with van der Waals surface area (Å²) in [4.78, 5) is 40.0. The van der Waals surface area contributed by atoms with E-state index in [4.69, 9.17) is 21.1 Å². The molecule has 0 bridgehead atoms. The van der Waals surface area contributed by atoms with Gasteiger partial charge >= 0.3 is 11.9 Å². The summed E-state index contributed by atoms with van der Waals surface area (Å²) < 4.78 is 24.7. The second-order valence-corrected chi connectivity index (χ2v) is 11.4. The van der Waals surface area contributed by atoms with E-state index in [-0.39, 0.29) is 27.6 Å². The molecule has 1 aliphatic rings. The number of ketones is 1. The normalized spacial score (nSPS) is 16.1. The molecule has 0 radical (unpaired) electrons. The maximum Gasteiger partial charge on any atom is 0.337 e. The van der Waals surface area contributed by atoms with Crippen molar-refractivity contribution in [3.8, 4) is 5.75 Å². The summed E-state index contributed by atoms with van der Waals surface area (Å²) in [5.74, 6) is -3.44. The highest BCUT2D eigenvalue weighted by molar-refractivity contribution is 8.00. The summed E-state index contributed by atoms with van der Waals surface area (Å²) in [5, 5.41) is 20.3. The third kappa shape index (κ3) is 5.60. The quantitative estimate of drug-likeness (QED) is 0.0624. The number of halogens is 2. The average Bonchev–Trinajstić information content (AvgIpc) is 3.57. The van der Waals surface area contributed by atoms with Gasteiger partial charge in [0.25, 0.3) is 5.78 Å². The molecule has 0 spiro atoms. The van der Waals surface area contributed by atoms with Crippen LogP contribution in [0.25, 0.3) is 5.76 Å². The van der Waals surface area contributed by atoms with Crippen LogP contribution < -0.4 is 9.64 Å². The number of aliphatic hydroxyl groups excluding tert-OH is 1. The first-order valence-corrected chi connectivity index (χ1v) is 14.4. The lowest BCUT2D eigenvalue weighted by atomic mass is 9.94. The van der Waals surface area contributed by atoms with Crippen molar-refractivity contribution < 1.29 is 33.4 Å². The van der Waals surface area contributed by atoms with Gasteiger partial charge in [-0.3, -0.25) is 14.5 Å². The second kappa shape index (κ2) is 12.3. The molecule has 1 saturated heterocycles. The first-order valence-electron chi connectivity index (χ1n) is 12.3. The van der Waals surface area contributed by atoms with Crippen molar-refractivity contribution in [1.29, 1.82) is 0 Å². The number of esters is 1. The van der Waals surface area contributed by atoms with Gasteiger partial charge in [-0.15, -0.1) is 10.2 Å². The molecule has 3 aromatic carbocycles. The van der Waals surface area contributed by atoms with Crippen LogP contribution >= 0.6 is 34.7 Å². The Morgan fingerprint density at radius 1 is 1.07 bits per heavy atom. The SMILES string of the molecule is COC(=O)c1ccc([C@@H]2C(=C(O)c3ccc(OC)c(F)c3)C(=O)C(=O)N2c2nnc(SCc3ccccc3Cl)s2)cc1. The number of aromatic nitrogens is 2. The third-order valence-corrected chi connectivity index (χ3v) is 8.90. The van der Waals surface area contributed by atoms with Crippen LogP contribution in [0.5, 0.6) is 5.75 Å². The van der Waals surface area contributed by atoms with Crippen molar-refractivity contribution in [2.24, 2.45) is 0 Å². The molecular formula is C29H21ClFN3O6S2. The van der Waals surface area contributed by atoms with E-state index in [1.165, 1.54) is 62.4 Å². The van der Waals surface area contributed by atoms with Gasteiger partial charge in [0.05, 0.1) is 31.4 Å². The largest absolute Gasteiger partial charge is 0.507 e. The highest BCUT2D eigenvalue weighted by Gasteiger charge is 2.48. The summed E-state index contributed by atoms with van der Waals surface area (Å²) in [5.41, 5.74) is 1.20. The molecule has 42 heavy (non-hydrogen) atoms. The van der Waals surface area contributed by atoms with E-state index in [0.29, 0.717) is 20.7 Å². The van der Waals surface area contributed by atoms with Crippen molar-refractivity contribution in [3.63, 3.8) is 0 Å². The Hall–Kier alpha value is -4.26. The fraction of sp³-hybridized carbons (Fsp3) is 0.138. The standard InChI is InChI=1S/C29H21ClFN3O6S2/c1-39-21-12-11-17(13-20(21)31)24(35)22-23(15-7-9-16(10-8-15)27(38)40-2)34(26(37)25(22)36)28-32-33-29(42-28)41-14-18-5-3-4-6-19(18)30/h3-13,23,35H,14H2,1-2H3/t23-/m1/s1. The van der Waals surface area contributed by atoms with Crippen molar-refractivity contribution in [3.05, 3.63) is 105 Å². The number of methoxy groups -OCH3 is 2. The first-order chi connectivity index (χ1) is 20.2. The van der Waals surface area contributed by atoms with Gasteiger partial charge in [-0.1, -0.05) is 65.0 Å². The zero-order chi connectivity index (χ0) is 30.0. The van der Waals surface area contributed by atoms with E-state index in [1.807, 2.05) is 18.2 Å². The summed E-state index contributed by atoms with van der Waals surface area (Å²) in [6.07, 6.45) is 0. The van der Waals surface area contributed by atoms with Crippen LogP contribution in [0.4, 0.5) is 9.52 Å². The zero-order valence-electron chi connectivity index (χ0n) is 22.0. The van der Waals surface area contributed by atoms with Gasteiger partial charge in [-0.25, -0.2) is 9.18 Å². The fourth-order valence-corrected chi connectivity index (χ4v) is 6.50. The number of benzene rings is 3. The maximum absolute atomic E-state index is 14.5. The smallest absolute Gasteiger partial charge is 0.337 e. The summed E-state index contributed by atoms with van der Waals surface area (Å²) in [6.45, 7) is 0. The predicted molar refractivity (Wildman–Crippen MR) is 156 cm³/mol. The number of Topliss-reactive ketones (excluding diaryl/α,β-unsaturated/α-hetero) is 1. The van der Waals surface area contributed by atoms with Crippen LogP contribution in [0.1, 0.15) is 33.1 Å². The lowest BCUT2D eigenvalue weighted by molar-refractivity contribution is -0.132. The minimum absolute atomic E-state index is 0.0317. The Labute approximate surface area is 252 Å². The molecule has 4 aromatic rings. The van der Waals surface area contributed by atoms with E-state index < -0.39 is 35.3 Å². The van der Waals surface area contributed by atoms with E-state index in [9.17, 15) is 23.9 Å². The maximum atomic E-state index is 14.5. The van der Waals surface area contributed by atoms with Gasteiger partial charge in [0.2, 0.25) is 5.13 Å². The molecule has 5 rings (SSSR count). The Morgan fingerprint density at radius 2 is 1.79 bits per heavy atom. The molecule has 2 heterocycles. The molecule has 214 valence electrons. The van der Waals surface area contributed by atoms with Crippen LogP contribution in [0.3, 0.4) is 0 Å². The number of hydrogen-bond donors (Lipinski definition) is 1. The Balaban J connectivity index is 1.57. The van der Waals surface area contributed by atoms with Crippen LogP contribution in [0.15, 0.2) is 76.6 Å². The molecule has 1 aromatic heterocycles. The molecule has 1 N–H and O–H groups in total. The Kier molecular flexibility index (Phi) is 8.57. The highest BCUT2D eigenvalue weighted by atomic mass is 35.5. The lowest BCUT2D eigenvalue weighted by Gasteiger charge is -2.22. The highest BCUT2D eigenvalue weighted by Crippen LogP contribution is 2.44. The Bertz CT molecular complexity index is 1730. The number of hydrogen-bond acceptors (Lipinski definition) is 10. The molecule has 0 unspecified atom stereocenters. The number of carbonyl (C=O) groups excluding carboxylic acids is 3. The van der Waals surface area contributed by atoms with Gasteiger partial charge in [-0.2, -0.15) is 0 Å². The summed E-state index contributed by atoms with van der Waals surface area (Å²) >= 11 is 8.70. The van der Waals surface area contributed by atoms with E-state index in [2.05, 4.69) is 10.2 Å². The number of rotatable bonds is 8. The molecule has 0 saturated carbocycles. The van der Waals surface area contributed by atoms with Crippen LogP contribution in [0, 0.1) is 5.82 Å². The molecule has 1 amide bonds. The van der Waals surface area contributed by atoms with Gasteiger partial charge in [0.15, 0.2) is 15.9 Å². The van der Waals surface area contributed by atoms with Crippen molar-refractivity contribution in [2.45, 2.75) is 16.1 Å². The number of nitrogens with zero attached hydrogens (tertiary/aromatic N) is 3. The topological polar surface area (TPSA) is 119 Å². The van der Waals surface area contributed by atoms with Gasteiger partial charge in [-0.05, 0) is 47.5 Å². The molecular weight excluding hydrogens is 605 g/mol. The van der Waals surface area contributed by atoms with E-state index in [0.717, 1.165) is 27.9 Å². The van der Waals surface area contributed by atoms with Crippen LogP contribution in [-0.2, 0) is 20.1 Å². The molecule has 13 heteroatoms. The number of anilines is 1. The number of amides is 1. The minimum Gasteiger partial charge on any atom is -0.507 e. The third-order valence-electron chi connectivity index (χ3n) is 6.43. The number of ether oxygens (including phenoxy) is 2. The van der Waals surface area contributed by atoms with Crippen molar-refractivity contribution >= 4 is 63.3 Å². The zero-order valence-corrected chi connectivity index (χ0v) is 24.4. The molecule has 1 aliphatic heterocycles. The molecule has 9 nitrogen and oxygen atoms in total. The fourth-order valence-electron chi connectivity index (χ4n) is 4.35. The van der Waals surface area contributed by atoms with Crippen LogP contribution in [-0.4, -0.2) is 47.2 Å². The number of carbonyl (C=O) groups is 3. The average molecular weight is 626 g/mol. The molecule has 1 atom stereocenters. The predicted octanol–water partition coefficient (Wildman–Crippen LogP) is 6.04.